The van der Waals surface area contributed by atoms with E-state index in [2.05, 4.69) is 15.2 Å². The topological polar surface area (TPSA) is 99.8 Å². The van der Waals surface area contributed by atoms with Gasteiger partial charge in [0.05, 0.1) is 11.4 Å². The fourth-order valence-electron chi connectivity index (χ4n) is 3.06. The molecule has 0 amide bonds. The molecule has 7 heteroatoms. The zero-order valence-corrected chi connectivity index (χ0v) is 15.9. The van der Waals surface area contributed by atoms with Gasteiger partial charge in [0.2, 0.25) is 11.6 Å². The number of fused-ring (bicyclic) bond motifs is 1. The van der Waals surface area contributed by atoms with Crippen molar-refractivity contribution >= 4 is 22.1 Å². The van der Waals surface area contributed by atoms with Gasteiger partial charge in [-0.2, -0.15) is 5.11 Å². The molecular formula is C22H18N4O3. The van der Waals surface area contributed by atoms with Crippen LogP contribution in [0.4, 0.5) is 11.4 Å². The summed E-state index contributed by atoms with van der Waals surface area (Å²) in [5.74, 6) is -0.563. The average Bonchev–Trinajstić information content (AvgIpc) is 2.70. The summed E-state index contributed by atoms with van der Waals surface area (Å²) in [6.07, 6.45) is 0. The molecule has 4 aromatic rings. The SMILES string of the molecule is Cc1ccc(-n2c(O)c(N=Nc3ccc4ccccc4c3)c(=O)[nH]c2=O)cc1C. The summed E-state index contributed by atoms with van der Waals surface area (Å²) in [5, 5.41) is 20.6. The summed E-state index contributed by atoms with van der Waals surface area (Å²) in [5.41, 5.74) is 1.04. The van der Waals surface area contributed by atoms with Gasteiger partial charge in [-0.1, -0.05) is 36.4 Å². The van der Waals surface area contributed by atoms with Crippen LogP contribution in [0.2, 0.25) is 0 Å². The minimum absolute atomic E-state index is 0.337. The maximum absolute atomic E-state index is 12.3. The molecule has 0 aliphatic rings. The molecule has 0 bridgehead atoms. The number of azo groups is 1. The Morgan fingerprint density at radius 2 is 1.62 bits per heavy atom. The summed E-state index contributed by atoms with van der Waals surface area (Å²) < 4.78 is 1.00. The van der Waals surface area contributed by atoms with Crippen molar-refractivity contribution < 1.29 is 5.11 Å². The van der Waals surface area contributed by atoms with E-state index in [1.165, 1.54) is 0 Å². The first-order chi connectivity index (χ1) is 13.9. The van der Waals surface area contributed by atoms with Crippen LogP contribution in [0.1, 0.15) is 11.1 Å². The summed E-state index contributed by atoms with van der Waals surface area (Å²) in [6, 6.07) is 18.5. The van der Waals surface area contributed by atoms with E-state index < -0.39 is 17.1 Å². The smallest absolute Gasteiger partial charge is 0.335 e. The number of hydrogen-bond acceptors (Lipinski definition) is 5. The van der Waals surface area contributed by atoms with Gasteiger partial charge in [-0.05, 0) is 60.0 Å². The fourth-order valence-corrected chi connectivity index (χ4v) is 3.06. The van der Waals surface area contributed by atoms with E-state index in [9.17, 15) is 14.7 Å². The van der Waals surface area contributed by atoms with Crippen LogP contribution >= 0.6 is 0 Å². The normalized spacial score (nSPS) is 11.4. The van der Waals surface area contributed by atoms with Gasteiger partial charge in [0.25, 0.3) is 5.56 Å². The Morgan fingerprint density at radius 3 is 2.38 bits per heavy atom. The Bertz CT molecular complexity index is 1380. The lowest BCUT2D eigenvalue weighted by Gasteiger charge is -2.10. The molecule has 1 heterocycles. The molecule has 0 unspecified atom stereocenters. The van der Waals surface area contributed by atoms with Crippen LogP contribution in [0, 0.1) is 13.8 Å². The van der Waals surface area contributed by atoms with Crippen molar-refractivity contribution in [3.05, 3.63) is 92.6 Å². The van der Waals surface area contributed by atoms with Crippen molar-refractivity contribution in [3.63, 3.8) is 0 Å². The Hall–Kier alpha value is -4.00. The Morgan fingerprint density at radius 1 is 0.862 bits per heavy atom. The van der Waals surface area contributed by atoms with Crippen molar-refractivity contribution in [2.75, 3.05) is 0 Å². The van der Waals surface area contributed by atoms with Crippen molar-refractivity contribution in [2.24, 2.45) is 10.2 Å². The predicted octanol–water partition coefficient (Wildman–Crippen LogP) is 4.42. The summed E-state index contributed by atoms with van der Waals surface area (Å²) >= 11 is 0. The molecule has 3 aromatic carbocycles. The van der Waals surface area contributed by atoms with Crippen LogP contribution in [-0.4, -0.2) is 14.7 Å². The third-order valence-electron chi connectivity index (χ3n) is 4.81. The van der Waals surface area contributed by atoms with Gasteiger partial charge in [-0.25, -0.2) is 9.36 Å². The highest BCUT2D eigenvalue weighted by atomic mass is 16.3. The first kappa shape index (κ1) is 18.4. The minimum atomic E-state index is -0.808. The molecule has 29 heavy (non-hydrogen) atoms. The predicted molar refractivity (Wildman–Crippen MR) is 112 cm³/mol. The van der Waals surface area contributed by atoms with Crippen molar-refractivity contribution in [1.82, 2.24) is 9.55 Å². The molecule has 2 N–H and O–H groups in total. The summed E-state index contributed by atoms with van der Waals surface area (Å²) in [4.78, 5) is 26.7. The van der Waals surface area contributed by atoms with Gasteiger partial charge >= 0.3 is 5.69 Å². The zero-order chi connectivity index (χ0) is 20.5. The van der Waals surface area contributed by atoms with Crippen LogP contribution in [0.5, 0.6) is 5.88 Å². The molecule has 0 aliphatic carbocycles. The van der Waals surface area contributed by atoms with Crippen molar-refractivity contribution in [1.29, 1.82) is 0 Å². The second-order valence-electron chi connectivity index (χ2n) is 6.77. The van der Waals surface area contributed by atoms with Crippen LogP contribution in [0.3, 0.4) is 0 Å². The molecule has 144 valence electrons. The van der Waals surface area contributed by atoms with E-state index in [-0.39, 0.29) is 5.69 Å². The number of rotatable bonds is 3. The third-order valence-corrected chi connectivity index (χ3v) is 4.81. The lowest BCUT2D eigenvalue weighted by molar-refractivity contribution is 0.432. The molecule has 0 atom stereocenters. The molecule has 0 fully saturated rings. The quantitative estimate of drug-likeness (QED) is 0.510. The highest BCUT2D eigenvalue weighted by molar-refractivity contribution is 5.85. The molecule has 1 aromatic heterocycles. The van der Waals surface area contributed by atoms with Gasteiger partial charge < -0.3 is 5.11 Å². The molecule has 0 radical (unpaired) electrons. The molecule has 0 aliphatic heterocycles. The third kappa shape index (κ3) is 3.45. The number of aromatic hydroxyl groups is 1. The lowest BCUT2D eigenvalue weighted by atomic mass is 10.1. The van der Waals surface area contributed by atoms with E-state index in [0.29, 0.717) is 11.4 Å². The van der Waals surface area contributed by atoms with E-state index in [1.807, 2.05) is 56.3 Å². The zero-order valence-electron chi connectivity index (χ0n) is 15.9. The second-order valence-corrected chi connectivity index (χ2v) is 6.77. The van der Waals surface area contributed by atoms with Gasteiger partial charge in [-0.3, -0.25) is 9.78 Å². The highest BCUT2D eigenvalue weighted by Gasteiger charge is 2.16. The van der Waals surface area contributed by atoms with Gasteiger partial charge in [0.15, 0.2) is 0 Å². The van der Waals surface area contributed by atoms with Gasteiger partial charge in [-0.15, -0.1) is 5.11 Å². The minimum Gasteiger partial charge on any atom is -0.492 e. The maximum Gasteiger partial charge on any atom is 0.335 e. The number of hydrogen-bond donors (Lipinski definition) is 2. The second kappa shape index (κ2) is 7.20. The number of H-pyrrole nitrogens is 1. The molecule has 4 rings (SSSR count). The van der Waals surface area contributed by atoms with Crippen LogP contribution in [-0.2, 0) is 0 Å². The number of aryl methyl sites for hydroxylation is 2. The summed E-state index contributed by atoms with van der Waals surface area (Å²) in [7, 11) is 0. The Labute approximate surface area is 165 Å². The Balaban J connectivity index is 1.81. The lowest BCUT2D eigenvalue weighted by Crippen LogP contribution is -2.28. The monoisotopic (exact) mass is 386 g/mol. The van der Waals surface area contributed by atoms with Crippen LogP contribution < -0.4 is 11.2 Å². The van der Waals surface area contributed by atoms with E-state index in [0.717, 1.165) is 26.5 Å². The summed E-state index contributed by atoms with van der Waals surface area (Å²) in [6.45, 7) is 3.84. The number of aromatic amines is 1. The number of nitrogens with zero attached hydrogens (tertiary/aromatic N) is 3. The van der Waals surface area contributed by atoms with Crippen molar-refractivity contribution in [3.8, 4) is 11.6 Å². The van der Waals surface area contributed by atoms with Crippen LogP contribution in [0.25, 0.3) is 16.5 Å². The standard InChI is InChI=1S/C22H18N4O3/c1-13-7-10-18(11-14(13)2)26-21(28)19(20(27)23-22(26)29)25-24-17-9-8-15-5-3-4-6-16(15)12-17/h3-12,28H,1-2H3,(H,23,27,29). The first-order valence-corrected chi connectivity index (χ1v) is 9.00. The number of benzene rings is 3. The molecule has 0 saturated carbocycles. The Kier molecular flexibility index (Phi) is 4.56. The molecular weight excluding hydrogens is 368 g/mol. The van der Waals surface area contributed by atoms with Crippen molar-refractivity contribution in [2.45, 2.75) is 13.8 Å². The maximum atomic E-state index is 12.3. The van der Waals surface area contributed by atoms with E-state index in [1.54, 1.807) is 18.2 Å². The number of nitrogens with one attached hydrogen (secondary N) is 1. The largest absolute Gasteiger partial charge is 0.492 e. The fraction of sp³-hybridized carbons (Fsp3) is 0.0909. The number of aromatic nitrogens is 2. The van der Waals surface area contributed by atoms with Crippen LogP contribution in [0.15, 0.2) is 80.5 Å². The van der Waals surface area contributed by atoms with E-state index >= 15 is 0 Å². The highest BCUT2D eigenvalue weighted by Crippen LogP contribution is 2.27. The van der Waals surface area contributed by atoms with E-state index in [4.69, 9.17) is 0 Å². The molecule has 0 spiro atoms. The van der Waals surface area contributed by atoms with Gasteiger partial charge in [0, 0.05) is 0 Å². The molecule has 0 saturated heterocycles. The first-order valence-electron chi connectivity index (χ1n) is 9.00. The molecule has 7 nitrogen and oxygen atoms in total. The van der Waals surface area contributed by atoms with Gasteiger partial charge in [0.1, 0.15) is 0 Å². The average molecular weight is 386 g/mol.